The first-order valence-electron chi connectivity index (χ1n) is 6.90. The van der Waals surface area contributed by atoms with Crippen molar-refractivity contribution in [1.29, 1.82) is 0 Å². The fourth-order valence-corrected chi connectivity index (χ4v) is 2.36. The Balaban J connectivity index is 2.89. The van der Waals surface area contributed by atoms with Gasteiger partial charge < -0.3 is 10.1 Å². The number of hydrogen-bond donors (Lipinski definition) is 1. The maximum absolute atomic E-state index is 5.18. The molecule has 4 heteroatoms. The van der Waals surface area contributed by atoms with Crippen molar-refractivity contribution in [3.05, 3.63) is 17.5 Å². The molecule has 1 rings (SSSR count). The molecule has 0 aliphatic heterocycles. The number of aromatic nitrogens is 2. The minimum atomic E-state index is 0.341. The summed E-state index contributed by atoms with van der Waals surface area (Å²) in [7, 11) is 3.78. The maximum atomic E-state index is 5.18. The molecule has 2 unspecified atom stereocenters. The normalized spacial score (nSPS) is 14.7. The van der Waals surface area contributed by atoms with E-state index >= 15 is 0 Å². The average molecular weight is 253 g/mol. The Hall–Kier alpha value is -0.870. The number of ether oxygens (including phenoxy) is 1. The Labute approximate surface area is 111 Å². The molecule has 0 fully saturated rings. The van der Waals surface area contributed by atoms with E-state index in [0.29, 0.717) is 12.0 Å². The van der Waals surface area contributed by atoms with E-state index in [9.17, 15) is 0 Å². The predicted octanol–water partition coefficient (Wildman–Crippen LogP) is 2.40. The van der Waals surface area contributed by atoms with Gasteiger partial charge in [0.1, 0.15) is 0 Å². The quantitative estimate of drug-likeness (QED) is 0.773. The molecule has 2 atom stereocenters. The van der Waals surface area contributed by atoms with Crippen molar-refractivity contribution >= 4 is 0 Å². The van der Waals surface area contributed by atoms with Crippen molar-refractivity contribution in [2.24, 2.45) is 5.92 Å². The monoisotopic (exact) mass is 253 g/mol. The summed E-state index contributed by atoms with van der Waals surface area (Å²) in [4.78, 5) is 0. The zero-order valence-electron chi connectivity index (χ0n) is 12.4. The van der Waals surface area contributed by atoms with Gasteiger partial charge in [-0.05, 0) is 38.8 Å². The maximum Gasteiger partial charge on any atom is 0.0625 e. The van der Waals surface area contributed by atoms with Gasteiger partial charge in [-0.3, -0.25) is 4.68 Å². The zero-order chi connectivity index (χ0) is 13.5. The molecule has 1 N–H and O–H groups in total. The lowest BCUT2D eigenvalue weighted by Crippen LogP contribution is -2.27. The summed E-state index contributed by atoms with van der Waals surface area (Å²) in [5, 5.41) is 8.05. The molecule has 104 valence electrons. The first kappa shape index (κ1) is 15.2. The molecule has 4 nitrogen and oxygen atoms in total. The summed E-state index contributed by atoms with van der Waals surface area (Å²) in [5.41, 5.74) is 2.46. The Bertz CT molecular complexity index is 349. The number of aryl methyl sites for hydroxylation is 2. The highest BCUT2D eigenvalue weighted by atomic mass is 16.5. The van der Waals surface area contributed by atoms with Crippen LogP contribution in [0.5, 0.6) is 0 Å². The van der Waals surface area contributed by atoms with Crippen LogP contribution in [0.15, 0.2) is 6.07 Å². The van der Waals surface area contributed by atoms with Crippen molar-refractivity contribution < 1.29 is 4.74 Å². The van der Waals surface area contributed by atoms with E-state index in [2.05, 4.69) is 41.9 Å². The van der Waals surface area contributed by atoms with Crippen LogP contribution in [-0.2, 0) is 17.7 Å². The standard InChI is InChI=1S/C14H27N3O/c1-6-12-10-13(17(7-2)16-12)14(15-4)11(3)8-9-18-5/h10-11,14-15H,6-9H2,1-5H3. The Morgan fingerprint density at radius 3 is 2.67 bits per heavy atom. The van der Waals surface area contributed by atoms with Gasteiger partial charge in [0.05, 0.1) is 17.4 Å². The Morgan fingerprint density at radius 1 is 1.44 bits per heavy atom. The minimum absolute atomic E-state index is 0.341. The van der Waals surface area contributed by atoms with Crippen LogP contribution in [0.1, 0.15) is 44.6 Å². The molecule has 1 aromatic rings. The van der Waals surface area contributed by atoms with Crippen LogP contribution in [-0.4, -0.2) is 30.5 Å². The van der Waals surface area contributed by atoms with Crippen molar-refractivity contribution in [3.63, 3.8) is 0 Å². The Kier molecular flexibility index (Phi) is 6.36. The average Bonchev–Trinajstić information content (AvgIpc) is 2.80. The van der Waals surface area contributed by atoms with Gasteiger partial charge in [-0.1, -0.05) is 13.8 Å². The predicted molar refractivity (Wildman–Crippen MR) is 74.7 cm³/mol. The van der Waals surface area contributed by atoms with Crippen LogP contribution in [0, 0.1) is 5.92 Å². The first-order valence-corrected chi connectivity index (χ1v) is 6.90. The summed E-state index contributed by atoms with van der Waals surface area (Å²) in [6.07, 6.45) is 2.04. The van der Waals surface area contributed by atoms with Crippen molar-refractivity contribution in [2.75, 3.05) is 20.8 Å². The lowest BCUT2D eigenvalue weighted by atomic mass is 9.95. The van der Waals surface area contributed by atoms with Gasteiger partial charge in [0.15, 0.2) is 0 Å². The molecule has 0 amide bonds. The summed E-state index contributed by atoms with van der Waals surface area (Å²) in [5.74, 6) is 0.529. The number of nitrogens with zero attached hydrogens (tertiary/aromatic N) is 2. The van der Waals surface area contributed by atoms with Gasteiger partial charge >= 0.3 is 0 Å². The smallest absolute Gasteiger partial charge is 0.0625 e. The first-order chi connectivity index (χ1) is 8.67. The third kappa shape index (κ3) is 3.56. The van der Waals surface area contributed by atoms with E-state index in [1.165, 1.54) is 11.4 Å². The fourth-order valence-electron chi connectivity index (χ4n) is 2.36. The van der Waals surface area contributed by atoms with Gasteiger partial charge in [0, 0.05) is 20.3 Å². The van der Waals surface area contributed by atoms with E-state index < -0.39 is 0 Å². The summed E-state index contributed by atoms with van der Waals surface area (Å²) in [6.45, 7) is 8.28. The van der Waals surface area contributed by atoms with Crippen LogP contribution in [0.4, 0.5) is 0 Å². The lowest BCUT2D eigenvalue weighted by molar-refractivity contribution is 0.170. The molecule has 0 aliphatic carbocycles. The van der Waals surface area contributed by atoms with E-state index in [1.807, 2.05) is 7.05 Å². The second kappa shape index (κ2) is 7.54. The topological polar surface area (TPSA) is 39.1 Å². The molecule has 18 heavy (non-hydrogen) atoms. The van der Waals surface area contributed by atoms with Gasteiger partial charge in [-0.25, -0.2) is 0 Å². The molecular formula is C14H27N3O. The van der Waals surface area contributed by atoms with Crippen LogP contribution in [0.25, 0.3) is 0 Å². The third-order valence-electron chi connectivity index (χ3n) is 3.50. The number of rotatable bonds is 8. The molecule has 0 saturated heterocycles. The fraction of sp³-hybridized carbons (Fsp3) is 0.786. The molecular weight excluding hydrogens is 226 g/mol. The second-order valence-corrected chi connectivity index (χ2v) is 4.75. The molecule has 0 radical (unpaired) electrons. The van der Waals surface area contributed by atoms with E-state index in [1.54, 1.807) is 7.11 Å². The van der Waals surface area contributed by atoms with Crippen LogP contribution in [0.3, 0.4) is 0 Å². The van der Waals surface area contributed by atoms with Crippen molar-refractivity contribution in [3.8, 4) is 0 Å². The summed E-state index contributed by atoms with van der Waals surface area (Å²) in [6, 6.07) is 2.57. The van der Waals surface area contributed by atoms with Gasteiger partial charge in [-0.2, -0.15) is 5.10 Å². The number of nitrogens with one attached hydrogen (secondary N) is 1. The largest absolute Gasteiger partial charge is 0.385 e. The van der Waals surface area contributed by atoms with E-state index in [0.717, 1.165) is 26.0 Å². The molecule has 0 spiro atoms. The van der Waals surface area contributed by atoms with Crippen LogP contribution < -0.4 is 5.32 Å². The van der Waals surface area contributed by atoms with Crippen LogP contribution in [0.2, 0.25) is 0 Å². The van der Waals surface area contributed by atoms with Gasteiger partial charge in [-0.15, -0.1) is 0 Å². The molecule has 0 aromatic carbocycles. The van der Waals surface area contributed by atoms with E-state index in [-0.39, 0.29) is 0 Å². The molecule has 0 saturated carbocycles. The highest BCUT2D eigenvalue weighted by Gasteiger charge is 2.21. The highest BCUT2D eigenvalue weighted by Crippen LogP contribution is 2.25. The van der Waals surface area contributed by atoms with Gasteiger partial charge in [0.2, 0.25) is 0 Å². The Morgan fingerprint density at radius 2 is 2.17 bits per heavy atom. The number of hydrogen-bond acceptors (Lipinski definition) is 3. The van der Waals surface area contributed by atoms with Crippen molar-refractivity contribution in [2.45, 2.75) is 46.2 Å². The number of methoxy groups -OCH3 is 1. The second-order valence-electron chi connectivity index (χ2n) is 4.75. The zero-order valence-corrected chi connectivity index (χ0v) is 12.4. The summed E-state index contributed by atoms with van der Waals surface area (Å²) >= 11 is 0. The minimum Gasteiger partial charge on any atom is -0.385 e. The molecule has 1 aromatic heterocycles. The van der Waals surface area contributed by atoms with E-state index in [4.69, 9.17) is 4.74 Å². The molecule has 1 heterocycles. The SMILES string of the molecule is CCc1cc(C(NC)C(C)CCOC)n(CC)n1. The molecule has 0 aliphatic rings. The van der Waals surface area contributed by atoms with Crippen LogP contribution >= 0.6 is 0 Å². The summed E-state index contributed by atoms with van der Waals surface area (Å²) < 4.78 is 7.29. The molecule has 0 bridgehead atoms. The lowest BCUT2D eigenvalue weighted by Gasteiger charge is -2.24. The highest BCUT2D eigenvalue weighted by molar-refractivity contribution is 5.15. The third-order valence-corrected chi connectivity index (χ3v) is 3.50. The van der Waals surface area contributed by atoms with Crippen molar-refractivity contribution in [1.82, 2.24) is 15.1 Å². The van der Waals surface area contributed by atoms with Gasteiger partial charge in [0.25, 0.3) is 0 Å².